The Morgan fingerprint density at radius 1 is 0.400 bits per heavy atom. The van der Waals surface area contributed by atoms with E-state index in [4.69, 9.17) is 10.2 Å². The van der Waals surface area contributed by atoms with Gasteiger partial charge in [0.05, 0.1) is 29.1 Å². The molecule has 0 aliphatic carbocycles. The van der Waals surface area contributed by atoms with E-state index in [1.54, 1.807) is 0 Å². The molecule has 0 heterocycles. The molecule has 8 heteroatoms. The summed E-state index contributed by atoms with van der Waals surface area (Å²) in [4.78, 5) is 0. The van der Waals surface area contributed by atoms with Crippen molar-refractivity contribution in [3.8, 4) is 0 Å². The van der Waals surface area contributed by atoms with E-state index < -0.39 is 29.1 Å². The summed E-state index contributed by atoms with van der Waals surface area (Å²) in [6.45, 7) is 0. The molecule has 0 fully saturated rings. The molecule has 5 aromatic carbocycles. The Morgan fingerprint density at radius 3 is 0.900 bits per heavy atom. The summed E-state index contributed by atoms with van der Waals surface area (Å²) in [6, 6.07) is 41.7. The molecule has 2 nitrogen and oxygen atoms in total. The van der Waals surface area contributed by atoms with E-state index in [2.05, 4.69) is 48.5 Å². The van der Waals surface area contributed by atoms with Crippen LogP contribution in [0.15, 0.2) is 132 Å². The van der Waals surface area contributed by atoms with Crippen molar-refractivity contribution in [2.45, 2.75) is 0 Å². The molecule has 0 spiro atoms. The first-order valence-corrected chi connectivity index (χ1v) is 11.7. The van der Waals surface area contributed by atoms with Crippen LogP contribution in [-0.4, -0.2) is 11.4 Å². The predicted octanol–water partition coefficient (Wildman–Crippen LogP) is 8.16. The minimum Gasteiger partial charge on any atom is -0.278 e. The Labute approximate surface area is 244 Å². The van der Waals surface area contributed by atoms with Gasteiger partial charge in [0.15, 0.2) is 0 Å². The van der Waals surface area contributed by atoms with Crippen LogP contribution >= 0.6 is 0 Å². The first-order chi connectivity index (χ1) is 19.0. The van der Waals surface area contributed by atoms with Gasteiger partial charge in [0, 0.05) is 22.3 Å². The van der Waals surface area contributed by atoms with Crippen molar-refractivity contribution in [1.82, 2.24) is 0 Å². The first kappa shape index (κ1) is 30.4. The van der Waals surface area contributed by atoms with Crippen LogP contribution in [0.4, 0.5) is 22.0 Å². The summed E-state index contributed by atoms with van der Waals surface area (Å²) in [5.74, 6) is -10.0. The van der Waals surface area contributed by atoms with Gasteiger partial charge in [-0.15, -0.1) is 16.3 Å². The molecule has 0 unspecified atom stereocenters. The molecule has 0 bridgehead atoms. The molecule has 0 atom stereocenters. The van der Waals surface area contributed by atoms with Crippen LogP contribution in [0.2, 0.25) is 0 Å². The third-order valence-electron chi connectivity index (χ3n) is 5.43. The van der Waals surface area contributed by atoms with Gasteiger partial charge in [-0.05, 0) is 0 Å². The van der Waals surface area contributed by atoms with E-state index >= 15 is 0 Å². The monoisotopic (exact) mass is 724 g/mol. The zero-order chi connectivity index (χ0) is 27.6. The molecule has 0 saturated carbocycles. The van der Waals surface area contributed by atoms with Gasteiger partial charge in [0.1, 0.15) is 11.4 Å². The second-order valence-electron chi connectivity index (χ2n) is 8.06. The van der Waals surface area contributed by atoms with Crippen LogP contribution in [0.1, 0.15) is 22.3 Å². The SMILES string of the molecule is Fc1[c-]c(F)c(F)c(F)c1F.[Au+].c1ccc(C(=NN=C(c2ccccc2)c2ccccc2)c2ccccc2)cc1. The number of hydrogen-bond donors (Lipinski definition) is 0. The molecule has 0 N–H and O–H groups in total. The van der Waals surface area contributed by atoms with Gasteiger partial charge in [-0.25, -0.2) is 13.2 Å². The Balaban J connectivity index is 0.000000311. The second kappa shape index (κ2) is 14.8. The Bertz CT molecular complexity index is 1380. The Morgan fingerprint density at radius 2 is 0.650 bits per heavy atom. The van der Waals surface area contributed by atoms with Crippen molar-refractivity contribution in [3.63, 3.8) is 0 Å². The fourth-order valence-electron chi connectivity index (χ4n) is 3.54. The molecule has 0 aliphatic rings. The van der Waals surface area contributed by atoms with Crippen LogP contribution in [0, 0.1) is 35.2 Å². The van der Waals surface area contributed by atoms with Crippen molar-refractivity contribution in [1.29, 1.82) is 0 Å². The molecule has 204 valence electrons. The van der Waals surface area contributed by atoms with Crippen LogP contribution in [0.3, 0.4) is 0 Å². The summed E-state index contributed by atoms with van der Waals surface area (Å²) in [5, 5.41) is 9.44. The summed E-state index contributed by atoms with van der Waals surface area (Å²) in [5.41, 5.74) is 5.86. The Hall–Kier alpha value is -4.17. The number of benzene rings is 5. The first-order valence-electron chi connectivity index (χ1n) is 11.7. The zero-order valence-electron chi connectivity index (χ0n) is 20.6. The standard InChI is InChI=1S/C26H20N2.C6F5.Au/c1-5-13-21(14-6-1)25(22-15-7-2-8-16-22)27-28-26(23-17-9-3-10-18-23)24-19-11-4-12-20-24;7-2-1-3(8)5(10)6(11)4(2)9;/h1-20H;;/q;-1;+1. The number of nitrogens with zero attached hydrogens (tertiary/aromatic N) is 2. The van der Waals surface area contributed by atoms with E-state index in [-0.39, 0.29) is 22.4 Å². The van der Waals surface area contributed by atoms with Crippen molar-refractivity contribution < 1.29 is 44.3 Å². The van der Waals surface area contributed by atoms with E-state index in [9.17, 15) is 22.0 Å². The van der Waals surface area contributed by atoms with E-state index in [1.807, 2.05) is 72.8 Å². The molecule has 0 radical (unpaired) electrons. The van der Waals surface area contributed by atoms with Crippen molar-refractivity contribution in [3.05, 3.63) is 179 Å². The number of hydrogen-bond acceptors (Lipinski definition) is 2. The number of rotatable bonds is 5. The van der Waals surface area contributed by atoms with Gasteiger partial charge >= 0.3 is 22.4 Å². The normalized spacial score (nSPS) is 9.93. The van der Waals surface area contributed by atoms with Crippen LogP contribution in [0.25, 0.3) is 0 Å². The van der Waals surface area contributed by atoms with Gasteiger partial charge in [0.2, 0.25) is 0 Å². The maximum atomic E-state index is 12.0. The molecule has 0 saturated heterocycles. The quantitative estimate of drug-likeness (QED) is 0.0333. The maximum absolute atomic E-state index is 12.0. The molecular formula is C32H20AuF5N2. The van der Waals surface area contributed by atoms with Crippen LogP contribution < -0.4 is 0 Å². The minimum atomic E-state index is -2.17. The van der Waals surface area contributed by atoms with E-state index in [1.165, 1.54) is 0 Å². The zero-order valence-corrected chi connectivity index (χ0v) is 22.8. The minimum absolute atomic E-state index is 0. The fourth-order valence-corrected chi connectivity index (χ4v) is 3.54. The van der Waals surface area contributed by atoms with Gasteiger partial charge in [0.25, 0.3) is 0 Å². The van der Waals surface area contributed by atoms with Crippen molar-refractivity contribution in [2.24, 2.45) is 10.2 Å². The topological polar surface area (TPSA) is 24.7 Å². The van der Waals surface area contributed by atoms with Gasteiger partial charge in [-0.2, -0.15) is 0 Å². The number of halogens is 5. The Kier molecular flexibility index (Phi) is 11.3. The molecule has 0 aromatic heterocycles. The average molecular weight is 724 g/mol. The third kappa shape index (κ3) is 7.70. The fraction of sp³-hybridized carbons (Fsp3) is 0. The van der Waals surface area contributed by atoms with Gasteiger partial charge in [-0.1, -0.05) is 121 Å². The second-order valence-corrected chi connectivity index (χ2v) is 8.06. The molecule has 5 aromatic rings. The average Bonchev–Trinajstić information content (AvgIpc) is 2.99. The largest absolute Gasteiger partial charge is 1.00 e. The van der Waals surface area contributed by atoms with E-state index in [0.29, 0.717) is 0 Å². The van der Waals surface area contributed by atoms with E-state index in [0.717, 1.165) is 39.7 Å². The third-order valence-corrected chi connectivity index (χ3v) is 5.43. The molecule has 0 aliphatic heterocycles. The smallest absolute Gasteiger partial charge is 0.278 e. The summed E-state index contributed by atoms with van der Waals surface area (Å²) < 4.78 is 59.9. The van der Waals surface area contributed by atoms with Crippen molar-refractivity contribution in [2.75, 3.05) is 0 Å². The molecular weight excluding hydrogens is 704 g/mol. The molecule has 40 heavy (non-hydrogen) atoms. The summed E-state index contributed by atoms with van der Waals surface area (Å²) in [7, 11) is 0. The van der Waals surface area contributed by atoms with Gasteiger partial charge < -0.3 is 0 Å². The molecule has 0 amide bonds. The summed E-state index contributed by atoms with van der Waals surface area (Å²) in [6.07, 6.45) is 0. The summed E-state index contributed by atoms with van der Waals surface area (Å²) >= 11 is 0. The van der Waals surface area contributed by atoms with Crippen LogP contribution in [-0.2, 0) is 22.4 Å². The maximum Gasteiger partial charge on any atom is 1.00 e. The van der Waals surface area contributed by atoms with Gasteiger partial charge in [-0.3, -0.25) is 8.78 Å². The van der Waals surface area contributed by atoms with Crippen molar-refractivity contribution >= 4 is 11.4 Å². The molecule has 5 rings (SSSR count). The van der Waals surface area contributed by atoms with Crippen LogP contribution in [0.5, 0.6) is 0 Å². The predicted molar refractivity (Wildman–Crippen MR) is 142 cm³/mol.